The normalized spacial score (nSPS) is 19.3. The molecule has 0 spiro atoms. The smallest absolute Gasteiger partial charge is 0.321 e. The van der Waals surface area contributed by atoms with Gasteiger partial charge in [-0.05, 0) is 42.9 Å². The van der Waals surface area contributed by atoms with Gasteiger partial charge in [0.05, 0.1) is 0 Å². The number of aliphatic hydroxyl groups is 1. The number of carbonyl (C=O) groups is 1. The molecule has 0 radical (unpaired) electrons. The molecule has 0 aromatic heterocycles. The maximum absolute atomic E-state index is 12.1. The molecule has 0 bridgehead atoms. The molecule has 0 aliphatic carbocycles. The number of urea groups is 1. The van der Waals surface area contributed by atoms with E-state index in [1.807, 2.05) is 24.3 Å². The fraction of sp³-hybridized carbons (Fsp3) is 0.533. The predicted octanol–water partition coefficient (Wildman–Crippen LogP) is 2.49. The molecule has 1 aromatic rings. The van der Waals surface area contributed by atoms with Gasteiger partial charge in [-0.1, -0.05) is 19.1 Å². The lowest BCUT2D eigenvalue weighted by Gasteiger charge is -2.31. The van der Waals surface area contributed by atoms with E-state index in [1.54, 1.807) is 4.90 Å². The van der Waals surface area contributed by atoms with E-state index in [9.17, 15) is 9.90 Å². The van der Waals surface area contributed by atoms with Crippen molar-refractivity contribution in [1.82, 2.24) is 4.90 Å². The van der Waals surface area contributed by atoms with Gasteiger partial charge >= 0.3 is 6.03 Å². The number of hydrogen-bond donors (Lipinski definition) is 2. The first-order valence-corrected chi connectivity index (χ1v) is 6.98. The summed E-state index contributed by atoms with van der Waals surface area (Å²) in [6, 6.07) is 7.86. The lowest BCUT2D eigenvalue weighted by atomic mass is 9.99. The molecule has 1 unspecified atom stereocenters. The minimum Gasteiger partial charge on any atom is -0.396 e. The van der Waals surface area contributed by atoms with E-state index >= 15 is 0 Å². The highest BCUT2D eigenvalue weighted by molar-refractivity contribution is 5.89. The van der Waals surface area contributed by atoms with Crippen LogP contribution >= 0.6 is 0 Å². The summed E-state index contributed by atoms with van der Waals surface area (Å²) in [5.41, 5.74) is 2.09. The number of aryl methyl sites for hydroxylation is 1. The van der Waals surface area contributed by atoms with Crippen LogP contribution in [0.3, 0.4) is 0 Å². The molecule has 1 aromatic carbocycles. The highest BCUT2D eigenvalue weighted by atomic mass is 16.3. The van der Waals surface area contributed by atoms with Crippen molar-refractivity contribution >= 4 is 11.7 Å². The third-order valence-electron chi connectivity index (χ3n) is 3.68. The van der Waals surface area contributed by atoms with Gasteiger partial charge < -0.3 is 15.3 Å². The highest BCUT2D eigenvalue weighted by Gasteiger charge is 2.22. The first kappa shape index (κ1) is 13.9. The molecule has 1 fully saturated rings. The Labute approximate surface area is 114 Å². The van der Waals surface area contributed by atoms with Crippen LogP contribution in [-0.2, 0) is 6.42 Å². The van der Waals surface area contributed by atoms with Gasteiger partial charge in [-0.25, -0.2) is 4.79 Å². The van der Waals surface area contributed by atoms with Crippen LogP contribution in [0, 0.1) is 5.92 Å². The first-order chi connectivity index (χ1) is 9.22. The average molecular weight is 262 g/mol. The molecule has 1 aliphatic heterocycles. The Morgan fingerprint density at radius 3 is 2.79 bits per heavy atom. The van der Waals surface area contributed by atoms with Gasteiger partial charge in [-0.2, -0.15) is 0 Å². The van der Waals surface area contributed by atoms with Crippen molar-refractivity contribution in [3.8, 4) is 0 Å². The average Bonchev–Trinajstić information content (AvgIpc) is 2.48. The highest BCUT2D eigenvalue weighted by Crippen LogP contribution is 2.17. The molecule has 2 rings (SSSR count). The second-order valence-electron chi connectivity index (χ2n) is 5.12. The van der Waals surface area contributed by atoms with E-state index in [1.165, 1.54) is 5.56 Å². The van der Waals surface area contributed by atoms with E-state index in [0.717, 1.165) is 31.5 Å². The number of nitrogens with one attached hydrogen (secondary N) is 1. The number of hydrogen-bond acceptors (Lipinski definition) is 2. The van der Waals surface area contributed by atoms with E-state index in [-0.39, 0.29) is 18.6 Å². The summed E-state index contributed by atoms with van der Waals surface area (Å²) in [5.74, 6) is 0.224. The van der Waals surface area contributed by atoms with Crippen LogP contribution < -0.4 is 5.32 Å². The molecule has 1 aliphatic rings. The molecule has 0 saturated carbocycles. The molecule has 19 heavy (non-hydrogen) atoms. The van der Waals surface area contributed by atoms with E-state index < -0.39 is 0 Å². The van der Waals surface area contributed by atoms with Crippen molar-refractivity contribution in [2.75, 3.05) is 25.0 Å². The summed E-state index contributed by atoms with van der Waals surface area (Å²) in [6.07, 6.45) is 2.97. The Kier molecular flexibility index (Phi) is 4.80. The van der Waals surface area contributed by atoms with Crippen molar-refractivity contribution in [2.45, 2.75) is 26.2 Å². The second kappa shape index (κ2) is 6.57. The third-order valence-corrected chi connectivity index (χ3v) is 3.68. The predicted molar refractivity (Wildman–Crippen MR) is 76.2 cm³/mol. The lowest BCUT2D eigenvalue weighted by molar-refractivity contribution is 0.136. The third kappa shape index (κ3) is 3.70. The number of amides is 2. The van der Waals surface area contributed by atoms with Gasteiger partial charge in [0, 0.05) is 25.4 Å². The molecule has 4 nitrogen and oxygen atoms in total. The minimum absolute atomic E-state index is 0.0672. The van der Waals surface area contributed by atoms with E-state index in [2.05, 4.69) is 12.2 Å². The first-order valence-electron chi connectivity index (χ1n) is 6.98. The van der Waals surface area contributed by atoms with Crippen LogP contribution in [0.15, 0.2) is 24.3 Å². The number of rotatable bonds is 3. The standard InChI is InChI=1S/C15H22N2O2/c1-2-12-5-7-14(8-6-12)16-15(19)17-9-3-4-13(10-17)11-18/h5-8,13,18H,2-4,9-11H2,1H3,(H,16,19). The fourth-order valence-electron chi connectivity index (χ4n) is 2.42. The van der Waals surface area contributed by atoms with Gasteiger partial charge in [0.15, 0.2) is 0 Å². The summed E-state index contributed by atoms with van der Waals surface area (Å²) in [5, 5.41) is 12.1. The Bertz CT molecular complexity index is 417. The zero-order valence-corrected chi connectivity index (χ0v) is 11.4. The van der Waals surface area contributed by atoms with Crippen LogP contribution in [0.5, 0.6) is 0 Å². The van der Waals surface area contributed by atoms with Crippen molar-refractivity contribution in [2.24, 2.45) is 5.92 Å². The Morgan fingerprint density at radius 1 is 1.42 bits per heavy atom. The SMILES string of the molecule is CCc1ccc(NC(=O)N2CCCC(CO)C2)cc1. The Hall–Kier alpha value is -1.55. The molecule has 1 saturated heterocycles. The molecule has 2 N–H and O–H groups in total. The lowest BCUT2D eigenvalue weighted by Crippen LogP contribution is -2.43. The van der Waals surface area contributed by atoms with Crippen LogP contribution in [0.25, 0.3) is 0 Å². The van der Waals surface area contributed by atoms with Crippen molar-refractivity contribution in [1.29, 1.82) is 0 Å². The summed E-state index contributed by atoms with van der Waals surface area (Å²) in [4.78, 5) is 13.9. The quantitative estimate of drug-likeness (QED) is 0.879. The topological polar surface area (TPSA) is 52.6 Å². The molecular formula is C15H22N2O2. The number of anilines is 1. The van der Waals surface area contributed by atoms with Gasteiger partial charge in [0.25, 0.3) is 0 Å². The van der Waals surface area contributed by atoms with Crippen LogP contribution in [0.1, 0.15) is 25.3 Å². The van der Waals surface area contributed by atoms with Gasteiger partial charge in [0.2, 0.25) is 0 Å². The van der Waals surface area contributed by atoms with Crippen molar-refractivity contribution in [3.05, 3.63) is 29.8 Å². The maximum Gasteiger partial charge on any atom is 0.321 e. The monoisotopic (exact) mass is 262 g/mol. The number of piperidine rings is 1. The van der Waals surface area contributed by atoms with E-state index in [0.29, 0.717) is 6.54 Å². The Balaban J connectivity index is 1.92. The molecule has 104 valence electrons. The van der Waals surface area contributed by atoms with Gasteiger partial charge in [-0.15, -0.1) is 0 Å². The minimum atomic E-state index is -0.0672. The Morgan fingerprint density at radius 2 is 2.16 bits per heavy atom. The molecule has 2 amide bonds. The van der Waals surface area contributed by atoms with Gasteiger partial charge in [0.1, 0.15) is 0 Å². The number of benzene rings is 1. The molecule has 4 heteroatoms. The van der Waals surface area contributed by atoms with Crippen LogP contribution in [0.2, 0.25) is 0 Å². The second-order valence-corrected chi connectivity index (χ2v) is 5.12. The summed E-state index contributed by atoms with van der Waals surface area (Å²) in [6.45, 7) is 3.69. The molecular weight excluding hydrogens is 240 g/mol. The number of nitrogens with zero attached hydrogens (tertiary/aromatic N) is 1. The summed E-state index contributed by atoms with van der Waals surface area (Å²) < 4.78 is 0. The van der Waals surface area contributed by atoms with Gasteiger partial charge in [-0.3, -0.25) is 0 Å². The maximum atomic E-state index is 12.1. The zero-order valence-electron chi connectivity index (χ0n) is 11.4. The zero-order chi connectivity index (χ0) is 13.7. The fourth-order valence-corrected chi connectivity index (χ4v) is 2.42. The molecule has 1 atom stereocenters. The summed E-state index contributed by atoms with van der Waals surface area (Å²) >= 11 is 0. The largest absolute Gasteiger partial charge is 0.396 e. The number of likely N-dealkylation sites (tertiary alicyclic amines) is 1. The number of aliphatic hydroxyl groups excluding tert-OH is 1. The van der Waals surface area contributed by atoms with Crippen LogP contribution in [-0.4, -0.2) is 35.7 Å². The van der Waals surface area contributed by atoms with Crippen molar-refractivity contribution < 1.29 is 9.90 Å². The van der Waals surface area contributed by atoms with Crippen LogP contribution in [0.4, 0.5) is 10.5 Å². The van der Waals surface area contributed by atoms with E-state index in [4.69, 9.17) is 0 Å². The van der Waals surface area contributed by atoms with Crippen molar-refractivity contribution in [3.63, 3.8) is 0 Å². The summed E-state index contributed by atoms with van der Waals surface area (Å²) in [7, 11) is 0. The number of carbonyl (C=O) groups excluding carboxylic acids is 1. The molecule has 1 heterocycles.